The van der Waals surface area contributed by atoms with Crippen LogP contribution < -0.4 is 0 Å². The van der Waals surface area contributed by atoms with Gasteiger partial charge >= 0.3 is 6.09 Å². The number of carbonyl (C=O) groups excluding carboxylic acids is 2. The molecule has 0 N–H and O–H groups in total. The summed E-state index contributed by atoms with van der Waals surface area (Å²) in [6, 6.07) is 11.1. The number of rotatable bonds is 2. The van der Waals surface area contributed by atoms with Gasteiger partial charge in [-0.05, 0) is 45.2 Å². The van der Waals surface area contributed by atoms with E-state index in [4.69, 9.17) is 4.74 Å². The number of aromatic nitrogens is 1. The summed E-state index contributed by atoms with van der Waals surface area (Å²) < 4.78 is 7.00. The quantitative estimate of drug-likeness (QED) is 0.615. The average Bonchev–Trinajstić information content (AvgIpc) is 3.10. The molecule has 0 aliphatic heterocycles. The lowest BCUT2D eigenvalue weighted by Gasteiger charge is -2.20. The van der Waals surface area contributed by atoms with Crippen LogP contribution in [-0.4, -0.2) is 22.0 Å². The van der Waals surface area contributed by atoms with Gasteiger partial charge in [-0.1, -0.05) is 24.3 Å². The molecule has 3 rings (SSSR count). The van der Waals surface area contributed by atoms with Crippen molar-refractivity contribution in [3.63, 3.8) is 0 Å². The highest BCUT2D eigenvalue weighted by atomic mass is 32.1. The largest absolute Gasteiger partial charge is 0.443 e. The molecule has 2 aromatic heterocycles. The van der Waals surface area contributed by atoms with E-state index in [1.807, 2.05) is 56.5 Å². The lowest BCUT2D eigenvalue weighted by Crippen LogP contribution is -2.27. The van der Waals surface area contributed by atoms with Crippen LogP contribution in [0.2, 0.25) is 0 Å². The molecular weight excluding hydrogens is 322 g/mol. The molecule has 124 valence electrons. The zero-order valence-corrected chi connectivity index (χ0v) is 14.9. The minimum Gasteiger partial charge on any atom is -0.443 e. The van der Waals surface area contributed by atoms with Crippen molar-refractivity contribution in [2.75, 3.05) is 0 Å². The van der Waals surface area contributed by atoms with Gasteiger partial charge in [0, 0.05) is 11.1 Å². The van der Waals surface area contributed by atoms with Gasteiger partial charge in [-0.3, -0.25) is 4.79 Å². The molecule has 0 aliphatic carbocycles. The molecule has 0 radical (unpaired) electrons. The van der Waals surface area contributed by atoms with Crippen LogP contribution in [0, 0.1) is 6.92 Å². The van der Waals surface area contributed by atoms with Gasteiger partial charge in [0.15, 0.2) is 0 Å². The molecule has 2 heterocycles. The molecular formula is C19H19NO3S. The first kappa shape index (κ1) is 16.5. The summed E-state index contributed by atoms with van der Waals surface area (Å²) in [5.41, 5.74) is 1.24. The Kier molecular flexibility index (Phi) is 4.05. The SMILES string of the molecule is Cc1c(C(=O)c2cccs2)c2ccccc2n1C(=O)OC(C)(C)C. The van der Waals surface area contributed by atoms with E-state index >= 15 is 0 Å². The maximum atomic E-state index is 12.9. The van der Waals surface area contributed by atoms with E-state index in [1.54, 1.807) is 13.0 Å². The second-order valence-corrected chi connectivity index (χ2v) is 7.55. The molecule has 5 heteroatoms. The van der Waals surface area contributed by atoms with Crippen LogP contribution in [0.1, 0.15) is 41.7 Å². The van der Waals surface area contributed by atoms with E-state index in [1.165, 1.54) is 15.9 Å². The molecule has 0 fully saturated rings. The number of ether oxygens (including phenoxy) is 1. The van der Waals surface area contributed by atoms with Crippen LogP contribution in [0.15, 0.2) is 41.8 Å². The third kappa shape index (κ3) is 2.87. The first-order valence-electron chi connectivity index (χ1n) is 7.71. The zero-order valence-electron chi connectivity index (χ0n) is 14.1. The van der Waals surface area contributed by atoms with Gasteiger partial charge in [-0.2, -0.15) is 0 Å². The Morgan fingerprint density at radius 1 is 1.08 bits per heavy atom. The van der Waals surface area contributed by atoms with Gasteiger partial charge in [0.05, 0.1) is 16.0 Å². The van der Waals surface area contributed by atoms with Crippen LogP contribution in [0.4, 0.5) is 4.79 Å². The van der Waals surface area contributed by atoms with E-state index in [0.29, 0.717) is 21.7 Å². The first-order valence-corrected chi connectivity index (χ1v) is 8.59. The Morgan fingerprint density at radius 2 is 1.79 bits per heavy atom. The van der Waals surface area contributed by atoms with E-state index in [9.17, 15) is 9.59 Å². The number of ketones is 1. The summed E-state index contributed by atoms with van der Waals surface area (Å²) in [4.78, 5) is 26.2. The van der Waals surface area contributed by atoms with E-state index in [2.05, 4.69) is 0 Å². The number of para-hydroxylation sites is 1. The second-order valence-electron chi connectivity index (χ2n) is 6.60. The van der Waals surface area contributed by atoms with Gasteiger partial charge in [0.25, 0.3) is 0 Å². The molecule has 0 aliphatic rings. The van der Waals surface area contributed by atoms with Crippen molar-refractivity contribution in [1.82, 2.24) is 4.57 Å². The summed E-state index contributed by atoms with van der Waals surface area (Å²) in [5.74, 6) is -0.0685. The summed E-state index contributed by atoms with van der Waals surface area (Å²) >= 11 is 1.40. The highest BCUT2D eigenvalue weighted by Crippen LogP contribution is 2.30. The predicted molar refractivity (Wildman–Crippen MR) is 96.1 cm³/mol. The van der Waals surface area contributed by atoms with Crippen LogP contribution in [0.5, 0.6) is 0 Å². The summed E-state index contributed by atoms with van der Waals surface area (Å²) in [6.45, 7) is 7.25. The van der Waals surface area contributed by atoms with Crippen molar-refractivity contribution in [3.8, 4) is 0 Å². The van der Waals surface area contributed by atoms with Crippen molar-refractivity contribution in [2.45, 2.75) is 33.3 Å². The van der Waals surface area contributed by atoms with E-state index < -0.39 is 11.7 Å². The van der Waals surface area contributed by atoms with Gasteiger partial charge in [0.1, 0.15) is 5.60 Å². The lowest BCUT2D eigenvalue weighted by atomic mass is 10.1. The standard InChI is InChI=1S/C19H19NO3S/c1-12-16(17(21)15-10-7-11-24-15)13-8-5-6-9-14(13)20(12)18(22)23-19(2,3)4/h5-11H,1-4H3. The zero-order chi connectivity index (χ0) is 17.5. The number of thiophene rings is 1. The monoisotopic (exact) mass is 341 g/mol. The topological polar surface area (TPSA) is 48.3 Å². The molecule has 0 amide bonds. The molecule has 4 nitrogen and oxygen atoms in total. The molecule has 0 atom stereocenters. The fraction of sp³-hybridized carbons (Fsp3) is 0.263. The Morgan fingerprint density at radius 3 is 2.42 bits per heavy atom. The summed E-state index contributed by atoms with van der Waals surface area (Å²) in [5, 5.41) is 2.63. The molecule has 0 bridgehead atoms. The molecule has 3 aromatic rings. The number of benzene rings is 1. The number of carbonyl (C=O) groups is 2. The third-order valence-electron chi connectivity index (χ3n) is 3.66. The van der Waals surface area contributed by atoms with Crippen LogP contribution in [0.25, 0.3) is 10.9 Å². The fourth-order valence-electron chi connectivity index (χ4n) is 2.73. The molecule has 0 unspecified atom stereocenters. The summed E-state index contributed by atoms with van der Waals surface area (Å²) in [7, 11) is 0. The molecule has 0 spiro atoms. The molecule has 1 aromatic carbocycles. The van der Waals surface area contributed by atoms with Gasteiger partial charge in [-0.15, -0.1) is 11.3 Å². The second kappa shape index (κ2) is 5.91. The smallest absolute Gasteiger partial charge is 0.419 e. The van der Waals surface area contributed by atoms with Crippen molar-refractivity contribution >= 4 is 34.1 Å². The van der Waals surface area contributed by atoms with Crippen molar-refractivity contribution in [1.29, 1.82) is 0 Å². The normalized spacial score (nSPS) is 11.7. The highest BCUT2D eigenvalue weighted by Gasteiger charge is 2.27. The van der Waals surface area contributed by atoms with Crippen LogP contribution >= 0.6 is 11.3 Å². The average molecular weight is 341 g/mol. The Labute approximate surface area is 144 Å². The molecule has 0 saturated heterocycles. The lowest BCUT2D eigenvalue weighted by molar-refractivity contribution is 0.0541. The van der Waals surface area contributed by atoms with Gasteiger partial charge in [0.2, 0.25) is 5.78 Å². The fourth-order valence-corrected chi connectivity index (χ4v) is 3.40. The van der Waals surface area contributed by atoms with E-state index in [-0.39, 0.29) is 5.78 Å². The summed E-state index contributed by atoms with van der Waals surface area (Å²) in [6.07, 6.45) is -0.471. The van der Waals surface area contributed by atoms with Crippen molar-refractivity contribution in [2.24, 2.45) is 0 Å². The number of hydrogen-bond acceptors (Lipinski definition) is 4. The minimum absolute atomic E-state index is 0.0685. The van der Waals surface area contributed by atoms with Gasteiger partial charge in [-0.25, -0.2) is 9.36 Å². The van der Waals surface area contributed by atoms with Crippen LogP contribution in [0.3, 0.4) is 0 Å². The molecule has 0 saturated carbocycles. The number of nitrogens with zero attached hydrogens (tertiary/aromatic N) is 1. The Hall–Kier alpha value is -2.40. The molecule has 24 heavy (non-hydrogen) atoms. The third-order valence-corrected chi connectivity index (χ3v) is 4.53. The van der Waals surface area contributed by atoms with Gasteiger partial charge < -0.3 is 4.74 Å². The van der Waals surface area contributed by atoms with E-state index in [0.717, 1.165) is 5.39 Å². The predicted octanol–water partition coefficient (Wildman–Crippen LogP) is 5.03. The van der Waals surface area contributed by atoms with Crippen LogP contribution in [-0.2, 0) is 4.74 Å². The Bertz CT molecular complexity index is 914. The number of hydrogen-bond donors (Lipinski definition) is 0. The minimum atomic E-state index is -0.604. The van der Waals surface area contributed by atoms with Crippen molar-refractivity contribution < 1.29 is 14.3 Å². The highest BCUT2D eigenvalue weighted by molar-refractivity contribution is 7.12. The first-order chi connectivity index (χ1) is 11.3. The maximum absolute atomic E-state index is 12.9. The Balaban J connectivity index is 2.20. The van der Waals surface area contributed by atoms with Crippen molar-refractivity contribution in [3.05, 3.63) is 57.9 Å². The number of fused-ring (bicyclic) bond motifs is 1. The maximum Gasteiger partial charge on any atom is 0.419 e.